The summed E-state index contributed by atoms with van der Waals surface area (Å²) in [5, 5.41) is 2.25. The number of anilines is 1. The summed E-state index contributed by atoms with van der Waals surface area (Å²) in [6.45, 7) is 6.59. The largest absolute Gasteiger partial charge is 0.349 e. The average molecular weight is 383 g/mol. The van der Waals surface area contributed by atoms with Crippen molar-refractivity contribution in [2.24, 2.45) is 0 Å². The number of aromatic nitrogens is 1. The first-order valence-corrected chi connectivity index (χ1v) is 9.49. The Labute approximate surface area is 162 Å². The molecule has 0 aliphatic carbocycles. The number of carbonyl (C=O) groups excluding carboxylic acids is 3. The van der Waals surface area contributed by atoms with Crippen LogP contribution in [0.2, 0.25) is 0 Å². The van der Waals surface area contributed by atoms with E-state index in [0.29, 0.717) is 10.6 Å². The van der Waals surface area contributed by atoms with Crippen LogP contribution >= 0.6 is 11.8 Å². The number of nitrogens with one attached hydrogen (secondary N) is 1. The van der Waals surface area contributed by atoms with Crippen molar-refractivity contribution >= 4 is 40.6 Å². The van der Waals surface area contributed by atoms with Crippen LogP contribution in [0.4, 0.5) is 10.5 Å². The maximum absolute atomic E-state index is 12.6. The van der Waals surface area contributed by atoms with Gasteiger partial charge in [0.05, 0.1) is 4.91 Å². The second-order valence-electron chi connectivity index (χ2n) is 6.25. The molecule has 1 saturated heterocycles. The highest BCUT2D eigenvalue weighted by molar-refractivity contribution is 8.18. The van der Waals surface area contributed by atoms with Gasteiger partial charge in [-0.2, -0.15) is 0 Å². The van der Waals surface area contributed by atoms with Gasteiger partial charge in [0.2, 0.25) is 5.91 Å². The molecule has 140 valence electrons. The van der Waals surface area contributed by atoms with Gasteiger partial charge in [0, 0.05) is 23.6 Å². The second kappa shape index (κ2) is 7.84. The van der Waals surface area contributed by atoms with Gasteiger partial charge in [0.15, 0.2) is 0 Å². The molecule has 3 amide bonds. The van der Waals surface area contributed by atoms with E-state index in [1.807, 2.05) is 26.0 Å². The van der Waals surface area contributed by atoms with Crippen molar-refractivity contribution in [3.8, 4) is 0 Å². The van der Waals surface area contributed by atoms with E-state index in [2.05, 4.69) is 16.8 Å². The molecule has 0 spiro atoms. The lowest BCUT2D eigenvalue weighted by Crippen LogP contribution is -2.36. The van der Waals surface area contributed by atoms with Crippen LogP contribution in [0.3, 0.4) is 0 Å². The van der Waals surface area contributed by atoms with Crippen molar-refractivity contribution in [3.05, 3.63) is 58.3 Å². The minimum atomic E-state index is -0.436. The van der Waals surface area contributed by atoms with E-state index in [0.717, 1.165) is 40.2 Å². The lowest BCUT2D eigenvalue weighted by Gasteiger charge is -2.12. The standard InChI is InChI=1S/C20H21N3O3S/c1-4-22-13(2)10-15(14(22)3)11-17-19(25)23(20(26)27-17)12-18(24)21-16-8-6-5-7-9-16/h5-11H,4,12H2,1-3H3,(H,21,24)/b17-11-. The van der Waals surface area contributed by atoms with Crippen LogP contribution in [0.5, 0.6) is 0 Å². The van der Waals surface area contributed by atoms with Crippen molar-refractivity contribution in [1.82, 2.24) is 9.47 Å². The number of rotatable bonds is 5. The van der Waals surface area contributed by atoms with Gasteiger partial charge in [-0.1, -0.05) is 18.2 Å². The molecule has 1 aliphatic heterocycles. The average Bonchev–Trinajstić information content (AvgIpc) is 3.05. The molecule has 6 nitrogen and oxygen atoms in total. The molecule has 1 N–H and O–H groups in total. The Bertz CT molecular complexity index is 931. The van der Waals surface area contributed by atoms with Crippen molar-refractivity contribution in [3.63, 3.8) is 0 Å². The van der Waals surface area contributed by atoms with Gasteiger partial charge in [-0.15, -0.1) is 0 Å². The van der Waals surface area contributed by atoms with Crippen molar-refractivity contribution in [1.29, 1.82) is 0 Å². The number of aryl methyl sites for hydroxylation is 1. The highest BCUT2D eigenvalue weighted by Crippen LogP contribution is 2.33. The number of nitrogens with zero attached hydrogens (tertiary/aromatic N) is 2. The summed E-state index contributed by atoms with van der Waals surface area (Å²) in [6.07, 6.45) is 1.73. The first-order chi connectivity index (χ1) is 12.9. The number of amides is 3. The first kappa shape index (κ1) is 19.0. The molecule has 1 aliphatic rings. The molecule has 0 saturated carbocycles. The molecular formula is C20H21N3O3S. The van der Waals surface area contributed by atoms with E-state index in [4.69, 9.17) is 0 Å². The van der Waals surface area contributed by atoms with E-state index in [-0.39, 0.29) is 6.54 Å². The highest BCUT2D eigenvalue weighted by Gasteiger charge is 2.36. The molecule has 2 heterocycles. The Kier molecular flexibility index (Phi) is 5.51. The van der Waals surface area contributed by atoms with Crippen LogP contribution < -0.4 is 5.32 Å². The van der Waals surface area contributed by atoms with Gasteiger partial charge < -0.3 is 9.88 Å². The predicted octanol–water partition coefficient (Wildman–Crippen LogP) is 3.80. The number of benzene rings is 1. The third-order valence-corrected chi connectivity index (χ3v) is 5.36. The number of carbonyl (C=O) groups is 3. The normalized spacial score (nSPS) is 15.7. The smallest absolute Gasteiger partial charge is 0.294 e. The number of para-hydroxylation sites is 1. The molecule has 27 heavy (non-hydrogen) atoms. The third kappa shape index (κ3) is 3.98. The van der Waals surface area contributed by atoms with E-state index >= 15 is 0 Å². The Morgan fingerprint density at radius 1 is 1.19 bits per heavy atom. The molecule has 7 heteroatoms. The van der Waals surface area contributed by atoms with E-state index in [1.54, 1.807) is 30.3 Å². The maximum Gasteiger partial charge on any atom is 0.294 e. The number of thioether (sulfide) groups is 1. The molecule has 0 radical (unpaired) electrons. The minimum Gasteiger partial charge on any atom is -0.349 e. The van der Waals surface area contributed by atoms with Gasteiger partial charge in [-0.25, -0.2) is 0 Å². The monoisotopic (exact) mass is 383 g/mol. The van der Waals surface area contributed by atoms with Crippen LogP contribution in [-0.4, -0.2) is 33.1 Å². The second-order valence-corrected chi connectivity index (χ2v) is 7.25. The topological polar surface area (TPSA) is 71.4 Å². The van der Waals surface area contributed by atoms with E-state index in [9.17, 15) is 14.4 Å². The fraction of sp³-hybridized carbons (Fsp3) is 0.250. The Morgan fingerprint density at radius 2 is 1.89 bits per heavy atom. The summed E-state index contributed by atoms with van der Waals surface area (Å²) in [6, 6.07) is 10.9. The molecule has 0 unspecified atom stereocenters. The van der Waals surface area contributed by atoms with E-state index in [1.165, 1.54) is 0 Å². The number of hydrogen-bond donors (Lipinski definition) is 1. The van der Waals surface area contributed by atoms with Crippen molar-refractivity contribution < 1.29 is 14.4 Å². The summed E-state index contributed by atoms with van der Waals surface area (Å²) in [4.78, 5) is 38.3. The zero-order valence-corrected chi connectivity index (χ0v) is 16.3. The zero-order valence-electron chi connectivity index (χ0n) is 15.5. The van der Waals surface area contributed by atoms with E-state index < -0.39 is 17.1 Å². The van der Waals surface area contributed by atoms with Gasteiger partial charge in [0.25, 0.3) is 11.1 Å². The van der Waals surface area contributed by atoms with Gasteiger partial charge in [0.1, 0.15) is 6.54 Å². The van der Waals surface area contributed by atoms with Crippen LogP contribution in [0.1, 0.15) is 23.9 Å². The Balaban J connectivity index is 1.74. The highest BCUT2D eigenvalue weighted by atomic mass is 32.2. The van der Waals surface area contributed by atoms with Crippen molar-refractivity contribution in [2.75, 3.05) is 11.9 Å². The Hall–Kier alpha value is -2.80. The lowest BCUT2D eigenvalue weighted by molar-refractivity contribution is -0.127. The van der Waals surface area contributed by atoms with Crippen LogP contribution in [0.15, 0.2) is 41.3 Å². The minimum absolute atomic E-state index is 0.301. The fourth-order valence-electron chi connectivity index (χ4n) is 3.10. The summed E-state index contributed by atoms with van der Waals surface area (Å²) < 4.78 is 2.14. The Morgan fingerprint density at radius 3 is 2.52 bits per heavy atom. The van der Waals surface area contributed by atoms with Crippen LogP contribution in [0.25, 0.3) is 6.08 Å². The summed E-state index contributed by atoms with van der Waals surface area (Å²) in [5.74, 6) is -0.844. The first-order valence-electron chi connectivity index (χ1n) is 8.67. The summed E-state index contributed by atoms with van der Waals surface area (Å²) in [5.41, 5.74) is 3.68. The summed E-state index contributed by atoms with van der Waals surface area (Å²) >= 11 is 0.866. The SMILES string of the molecule is CCn1c(C)cc(/C=C2\SC(=O)N(CC(=O)Nc3ccccc3)C2=O)c1C. The molecule has 1 fully saturated rings. The van der Waals surface area contributed by atoms with Gasteiger partial charge >= 0.3 is 0 Å². The van der Waals surface area contributed by atoms with Gasteiger partial charge in [-0.3, -0.25) is 19.3 Å². The third-order valence-electron chi connectivity index (χ3n) is 4.45. The fourth-order valence-corrected chi connectivity index (χ4v) is 3.93. The molecule has 0 atom stereocenters. The molecule has 2 aromatic rings. The summed E-state index contributed by atoms with van der Waals surface area (Å²) in [7, 11) is 0. The molecule has 0 bridgehead atoms. The number of hydrogen-bond acceptors (Lipinski definition) is 4. The predicted molar refractivity (Wildman–Crippen MR) is 107 cm³/mol. The molecular weight excluding hydrogens is 362 g/mol. The van der Waals surface area contributed by atoms with Gasteiger partial charge in [-0.05, 0) is 62.4 Å². The lowest BCUT2D eigenvalue weighted by atomic mass is 10.2. The quantitative estimate of drug-likeness (QED) is 0.797. The van der Waals surface area contributed by atoms with Crippen LogP contribution in [-0.2, 0) is 16.1 Å². The zero-order chi connectivity index (χ0) is 19.6. The molecule has 3 rings (SSSR count). The van der Waals surface area contributed by atoms with Crippen molar-refractivity contribution in [2.45, 2.75) is 27.3 Å². The van der Waals surface area contributed by atoms with Crippen LogP contribution in [0, 0.1) is 13.8 Å². The maximum atomic E-state index is 12.6. The molecule has 1 aromatic carbocycles. The molecule has 1 aromatic heterocycles. The number of imide groups is 1.